The Balaban J connectivity index is 3.04. The van der Waals surface area contributed by atoms with E-state index >= 15 is 0 Å². The highest BCUT2D eigenvalue weighted by Crippen LogP contribution is 2.32. The van der Waals surface area contributed by atoms with Crippen LogP contribution >= 0.6 is 15.9 Å². The highest BCUT2D eigenvalue weighted by Gasteiger charge is 2.25. The zero-order valence-corrected chi connectivity index (χ0v) is 12.7. The summed E-state index contributed by atoms with van der Waals surface area (Å²) in [5.41, 5.74) is 2.01. The molecule has 0 N–H and O–H groups in total. The Morgan fingerprint density at radius 3 is 2.35 bits per heavy atom. The summed E-state index contributed by atoms with van der Waals surface area (Å²) in [7, 11) is 2.08. The van der Waals surface area contributed by atoms with Crippen molar-refractivity contribution in [2.45, 2.75) is 33.7 Å². The van der Waals surface area contributed by atoms with Crippen LogP contribution in [0.25, 0.3) is 0 Å². The molecule has 0 aliphatic heterocycles. The molecule has 0 aromatic heterocycles. The number of anilines is 1. The number of carbonyl (C=O) groups excluding carboxylic acids is 1. The van der Waals surface area contributed by atoms with E-state index < -0.39 is 0 Å². The summed E-state index contributed by atoms with van der Waals surface area (Å²) < 4.78 is 0.959. The van der Waals surface area contributed by atoms with Crippen LogP contribution in [0.15, 0.2) is 22.7 Å². The topological polar surface area (TPSA) is 20.3 Å². The largest absolute Gasteiger partial charge is 0.370 e. The summed E-state index contributed by atoms with van der Waals surface area (Å²) in [4.78, 5) is 12.9. The zero-order chi connectivity index (χ0) is 13.2. The van der Waals surface area contributed by atoms with E-state index in [9.17, 15) is 4.79 Å². The first kappa shape index (κ1) is 14.2. The summed E-state index contributed by atoms with van der Waals surface area (Å²) in [5, 5.41) is 0. The van der Waals surface area contributed by atoms with E-state index in [0.29, 0.717) is 11.6 Å². The quantitative estimate of drug-likeness (QED) is 0.782. The maximum Gasteiger partial charge on any atom is 0.150 e. The molecule has 0 heterocycles. The monoisotopic (exact) mass is 297 g/mol. The molecule has 1 atom stereocenters. The average Bonchev–Trinajstić information content (AvgIpc) is 2.25. The van der Waals surface area contributed by atoms with Gasteiger partial charge in [0, 0.05) is 23.1 Å². The highest BCUT2D eigenvalue weighted by atomic mass is 79.9. The Morgan fingerprint density at radius 1 is 1.35 bits per heavy atom. The molecule has 2 nitrogen and oxygen atoms in total. The third-order valence-electron chi connectivity index (χ3n) is 3.32. The predicted molar refractivity (Wildman–Crippen MR) is 76.8 cm³/mol. The molecule has 94 valence electrons. The molecule has 0 radical (unpaired) electrons. The predicted octanol–water partition coefficient (Wildman–Crippen LogP) is 4.13. The Morgan fingerprint density at radius 2 is 1.94 bits per heavy atom. The molecule has 1 rings (SSSR count). The lowest BCUT2D eigenvalue weighted by Gasteiger charge is -2.37. The number of carbonyl (C=O) groups is 1. The summed E-state index contributed by atoms with van der Waals surface area (Å²) in [6, 6.07) is 6.09. The van der Waals surface area contributed by atoms with Crippen LogP contribution in [0.1, 0.15) is 38.1 Å². The average molecular weight is 298 g/mol. The molecular formula is C14H20BrNO. The summed E-state index contributed by atoms with van der Waals surface area (Å²) in [5.74, 6) is 0. The molecule has 0 fully saturated rings. The Kier molecular flexibility index (Phi) is 4.36. The lowest BCUT2D eigenvalue weighted by Crippen LogP contribution is -2.39. The van der Waals surface area contributed by atoms with Gasteiger partial charge in [0.15, 0.2) is 0 Å². The second kappa shape index (κ2) is 5.21. The standard InChI is InChI=1S/C14H20BrNO/c1-10(14(2,3)4)16(5)13-7-6-11(9-17)8-12(13)15/h6-10H,1-5H3. The maximum absolute atomic E-state index is 10.7. The smallest absolute Gasteiger partial charge is 0.150 e. The number of aldehydes is 1. The van der Waals surface area contributed by atoms with Crippen molar-refractivity contribution < 1.29 is 4.79 Å². The van der Waals surface area contributed by atoms with Gasteiger partial charge >= 0.3 is 0 Å². The van der Waals surface area contributed by atoms with Crippen molar-refractivity contribution in [3.05, 3.63) is 28.2 Å². The first-order chi connectivity index (χ1) is 7.77. The minimum atomic E-state index is 0.206. The van der Waals surface area contributed by atoms with E-state index in [1.807, 2.05) is 18.2 Å². The first-order valence-corrected chi connectivity index (χ1v) is 6.54. The van der Waals surface area contributed by atoms with E-state index in [4.69, 9.17) is 0 Å². The van der Waals surface area contributed by atoms with Crippen molar-refractivity contribution in [3.63, 3.8) is 0 Å². The molecule has 0 spiro atoms. The van der Waals surface area contributed by atoms with Crippen molar-refractivity contribution in [3.8, 4) is 0 Å². The lowest BCUT2D eigenvalue weighted by atomic mass is 9.87. The molecule has 17 heavy (non-hydrogen) atoms. The summed E-state index contributed by atoms with van der Waals surface area (Å²) in [6.07, 6.45) is 0.863. The fourth-order valence-corrected chi connectivity index (χ4v) is 2.35. The number of nitrogens with zero attached hydrogens (tertiary/aromatic N) is 1. The van der Waals surface area contributed by atoms with Gasteiger partial charge in [0.2, 0.25) is 0 Å². The number of halogens is 1. The van der Waals surface area contributed by atoms with E-state index in [0.717, 1.165) is 16.4 Å². The summed E-state index contributed by atoms with van der Waals surface area (Å²) >= 11 is 3.52. The normalized spacial score (nSPS) is 13.3. The van der Waals surface area contributed by atoms with Gasteiger partial charge in [-0.1, -0.05) is 20.8 Å². The van der Waals surface area contributed by atoms with Gasteiger partial charge in [-0.3, -0.25) is 4.79 Å². The molecule has 1 aromatic rings. The van der Waals surface area contributed by atoms with Gasteiger partial charge in [-0.25, -0.2) is 0 Å². The van der Waals surface area contributed by atoms with Crippen LogP contribution in [0.2, 0.25) is 0 Å². The Labute approximate surface area is 112 Å². The first-order valence-electron chi connectivity index (χ1n) is 5.75. The van der Waals surface area contributed by atoms with Crippen LogP contribution in [0.5, 0.6) is 0 Å². The van der Waals surface area contributed by atoms with E-state index in [1.165, 1.54) is 0 Å². The number of benzene rings is 1. The number of rotatable bonds is 3. The van der Waals surface area contributed by atoms with Gasteiger partial charge in [-0.2, -0.15) is 0 Å². The van der Waals surface area contributed by atoms with Crippen molar-refractivity contribution in [1.29, 1.82) is 0 Å². The minimum Gasteiger partial charge on any atom is -0.370 e. The lowest BCUT2D eigenvalue weighted by molar-refractivity contribution is 0.112. The molecule has 0 aliphatic carbocycles. The van der Waals surface area contributed by atoms with E-state index in [-0.39, 0.29) is 5.41 Å². The SMILES string of the molecule is CC(N(C)c1ccc(C=O)cc1Br)C(C)(C)C. The molecule has 0 bridgehead atoms. The van der Waals surface area contributed by atoms with Crippen LogP contribution in [-0.4, -0.2) is 19.4 Å². The molecule has 0 saturated heterocycles. The van der Waals surface area contributed by atoms with Gasteiger partial charge in [0.1, 0.15) is 6.29 Å². The van der Waals surface area contributed by atoms with Crippen LogP contribution in [0.3, 0.4) is 0 Å². The Hall–Kier alpha value is -0.830. The van der Waals surface area contributed by atoms with Crippen molar-refractivity contribution in [2.75, 3.05) is 11.9 Å². The van der Waals surface area contributed by atoms with Gasteiger partial charge in [-0.15, -0.1) is 0 Å². The molecule has 1 unspecified atom stereocenters. The van der Waals surface area contributed by atoms with Crippen LogP contribution < -0.4 is 4.90 Å². The highest BCUT2D eigenvalue weighted by molar-refractivity contribution is 9.10. The minimum absolute atomic E-state index is 0.206. The van der Waals surface area contributed by atoms with Crippen LogP contribution in [0, 0.1) is 5.41 Å². The van der Waals surface area contributed by atoms with Crippen LogP contribution in [0.4, 0.5) is 5.69 Å². The molecule has 1 aromatic carbocycles. The molecule has 0 saturated carbocycles. The van der Waals surface area contributed by atoms with Gasteiger partial charge in [0.05, 0.1) is 5.69 Å². The molecule has 3 heteroatoms. The number of hydrogen-bond acceptors (Lipinski definition) is 2. The van der Waals surface area contributed by atoms with E-state index in [2.05, 4.69) is 55.6 Å². The van der Waals surface area contributed by atoms with Crippen molar-refractivity contribution in [1.82, 2.24) is 0 Å². The fraction of sp³-hybridized carbons (Fsp3) is 0.500. The summed E-state index contributed by atoms with van der Waals surface area (Å²) in [6.45, 7) is 8.88. The van der Waals surface area contributed by atoms with Crippen molar-refractivity contribution in [2.24, 2.45) is 5.41 Å². The van der Waals surface area contributed by atoms with E-state index in [1.54, 1.807) is 0 Å². The van der Waals surface area contributed by atoms with Gasteiger partial charge in [0.25, 0.3) is 0 Å². The zero-order valence-electron chi connectivity index (χ0n) is 11.1. The maximum atomic E-state index is 10.7. The molecule has 0 aliphatic rings. The van der Waals surface area contributed by atoms with Crippen molar-refractivity contribution >= 4 is 27.9 Å². The fourth-order valence-electron chi connectivity index (χ4n) is 1.67. The van der Waals surface area contributed by atoms with Gasteiger partial charge in [-0.05, 0) is 46.5 Å². The third-order valence-corrected chi connectivity index (χ3v) is 3.96. The van der Waals surface area contributed by atoms with Gasteiger partial charge < -0.3 is 4.90 Å². The Bertz CT molecular complexity index is 409. The van der Waals surface area contributed by atoms with Crippen LogP contribution in [-0.2, 0) is 0 Å². The third kappa shape index (κ3) is 3.32. The second-order valence-electron chi connectivity index (χ2n) is 5.48. The molecule has 0 amide bonds. The molecular weight excluding hydrogens is 278 g/mol. The second-order valence-corrected chi connectivity index (χ2v) is 6.34. The number of hydrogen-bond donors (Lipinski definition) is 0.